The fourth-order valence-electron chi connectivity index (χ4n) is 1.20. The summed E-state index contributed by atoms with van der Waals surface area (Å²) in [5, 5.41) is 1.89. The smallest absolute Gasteiger partial charge is 0.195 e. The maximum atomic E-state index is 11.6. The number of hydrogen-bond donors (Lipinski definition) is 0. The van der Waals surface area contributed by atoms with Crippen molar-refractivity contribution in [3.63, 3.8) is 0 Å². The summed E-state index contributed by atoms with van der Waals surface area (Å²) in [6.07, 6.45) is 3.22. The van der Waals surface area contributed by atoms with Crippen LogP contribution in [0.4, 0.5) is 0 Å². The third-order valence-electron chi connectivity index (χ3n) is 1.92. The van der Waals surface area contributed by atoms with Gasteiger partial charge in [-0.1, -0.05) is 6.07 Å². The van der Waals surface area contributed by atoms with E-state index in [4.69, 9.17) is 4.42 Å². The first-order valence-corrected chi connectivity index (χ1v) is 5.46. The number of aryl methyl sites for hydroxylation is 1. The molecule has 76 valence electrons. The molecule has 0 unspecified atom stereocenters. The van der Waals surface area contributed by atoms with Crippen molar-refractivity contribution in [2.24, 2.45) is 0 Å². The molecule has 0 saturated carbocycles. The van der Waals surface area contributed by atoms with Crippen molar-refractivity contribution in [2.45, 2.75) is 6.92 Å². The Kier molecular flexibility index (Phi) is 2.83. The molecule has 2 aromatic rings. The molecule has 0 aliphatic carbocycles. The van der Waals surface area contributed by atoms with E-state index in [1.165, 1.54) is 17.4 Å². The zero-order chi connectivity index (χ0) is 10.7. The largest absolute Gasteiger partial charge is 0.462 e. The van der Waals surface area contributed by atoms with Crippen molar-refractivity contribution in [2.75, 3.05) is 0 Å². The minimum atomic E-state index is 0.0130. The Hall–Kier alpha value is -1.61. The van der Waals surface area contributed by atoms with E-state index in [1.807, 2.05) is 36.6 Å². The van der Waals surface area contributed by atoms with Crippen LogP contribution < -0.4 is 0 Å². The first-order valence-electron chi connectivity index (χ1n) is 4.58. The normalized spacial score (nSPS) is 11.0. The molecule has 0 fully saturated rings. The molecule has 0 bridgehead atoms. The summed E-state index contributed by atoms with van der Waals surface area (Å²) in [6.45, 7) is 1.87. The van der Waals surface area contributed by atoms with Gasteiger partial charge in [0, 0.05) is 0 Å². The zero-order valence-corrected chi connectivity index (χ0v) is 9.08. The topological polar surface area (TPSA) is 30.2 Å². The van der Waals surface area contributed by atoms with Gasteiger partial charge in [0.25, 0.3) is 0 Å². The van der Waals surface area contributed by atoms with Crippen LogP contribution in [0.15, 0.2) is 40.1 Å². The van der Waals surface area contributed by atoms with Gasteiger partial charge in [0.15, 0.2) is 5.78 Å². The molecule has 0 aromatic carbocycles. The molecule has 0 radical (unpaired) electrons. The van der Waals surface area contributed by atoms with E-state index in [0.29, 0.717) is 5.76 Å². The Balaban J connectivity index is 2.09. The second-order valence-electron chi connectivity index (χ2n) is 3.12. The van der Waals surface area contributed by atoms with E-state index >= 15 is 0 Å². The molecule has 0 aliphatic rings. The van der Waals surface area contributed by atoms with Crippen LogP contribution in [0, 0.1) is 6.92 Å². The number of rotatable bonds is 3. The van der Waals surface area contributed by atoms with Gasteiger partial charge in [-0.15, -0.1) is 11.3 Å². The lowest BCUT2D eigenvalue weighted by Crippen LogP contribution is -1.87. The van der Waals surface area contributed by atoms with Crippen LogP contribution in [0.3, 0.4) is 0 Å². The second-order valence-corrected chi connectivity index (χ2v) is 4.07. The molecule has 0 amide bonds. The predicted octanol–water partition coefficient (Wildman–Crippen LogP) is 3.55. The number of furan rings is 1. The Morgan fingerprint density at radius 1 is 1.40 bits per heavy atom. The highest BCUT2D eigenvalue weighted by Crippen LogP contribution is 2.12. The maximum Gasteiger partial charge on any atom is 0.195 e. The van der Waals surface area contributed by atoms with E-state index in [0.717, 1.165) is 10.6 Å². The Labute approximate surface area is 91.9 Å². The van der Waals surface area contributed by atoms with E-state index < -0.39 is 0 Å². The Morgan fingerprint density at radius 2 is 2.27 bits per heavy atom. The number of ketones is 1. The molecule has 3 heteroatoms. The lowest BCUT2D eigenvalue weighted by molar-refractivity contribution is 0.105. The van der Waals surface area contributed by atoms with E-state index in [1.54, 1.807) is 6.08 Å². The SMILES string of the molecule is Cc1ccc(/C=C/C(=O)c2cccs2)o1. The summed E-state index contributed by atoms with van der Waals surface area (Å²) < 4.78 is 5.32. The molecular formula is C12H10O2S. The van der Waals surface area contributed by atoms with E-state index in [9.17, 15) is 4.79 Å². The highest BCUT2D eigenvalue weighted by Gasteiger charge is 2.02. The fraction of sp³-hybridized carbons (Fsp3) is 0.0833. The van der Waals surface area contributed by atoms with Crippen LogP contribution in [-0.4, -0.2) is 5.78 Å². The summed E-state index contributed by atoms with van der Waals surface area (Å²) in [6, 6.07) is 7.39. The number of carbonyl (C=O) groups excluding carboxylic acids is 1. The lowest BCUT2D eigenvalue weighted by atomic mass is 10.3. The molecular weight excluding hydrogens is 208 g/mol. The molecule has 15 heavy (non-hydrogen) atoms. The summed E-state index contributed by atoms with van der Waals surface area (Å²) >= 11 is 1.44. The lowest BCUT2D eigenvalue weighted by Gasteiger charge is -1.87. The first kappa shape index (κ1) is 9.93. The fourth-order valence-corrected chi connectivity index (χ4v) is 1.85. The molecule has 2 nitrogen and oxygen atoms in total. The van der Waals surface area contributed by atoms with Gasteiger partial charge in [-0.25, -0.2) is 0 Å². The van der Waals surface area contributed by atoms with Gasteiger partial charge in [-0.3, -0.25) is 4.79 Å². The Bertz CT molecular complexity index is 477. The van der Waals surface area contributed by atoms with E-state index in [2.05, 4.69) is 0 Å². The number of thiophene rings is 1. The van der Waals surface area contributed by atoms with Crippen molar-refractivity contribution < 1.29 is 9.21 Å². The molecule has 2 aromatic heterocycles. The molecule has 2 rings (SSSR count). The number of hydrogen-bond acceptors (Lipinski definition) is 3. The maximum absolute atomic E-state index is 11.6. The molecule has 0 atom stereocenters. The van der Waals surface area contributed by atoms with Gasteiger partial charge in [-0.2, -0.15) is 0 Å². The molecule has 0 N–H and O–H groups in total. The second kappa shape index (κ2) is 4.28. The van der Waals surface area contributed by atoms with Crippen LogP contribution in [0.5, 0.6) is 0 Å². The molecule has 2 heterocycles. The summed E-state index contributed by atoms with van der Waals surface area (Å²) in [4.78, 5) is 12.3. The molecule has 0 aliphatic heterocycles. The third-order valence-corrected chi connectivity index (χ3v) is 2.81. The summed E-state index contributed by atoms with van der Waals surface area (Å²) in [5.41, 5.74) is 0. The zero-order valence-electron chi connectivity index (χ0n) is 8.27. The van der Waals surface area contributed by atoms with Gasteiger partial charge < -0.3 is 4.42 Å². The van der Waals surface area contributed by atoms with Gasteiger partial charge >= 0.3 is 0 Å². The van der Waals surface area contributed by atoms with Crippen LogP contribution in [0.1, 0.15) is 21.2 Å². The summed E-state index contributed by atoms with van der Waals surface area (Å²) in [7, 11) is 0. The molecule has 0 saturated heterocycles. The first-order chi connectivity index (χ1) is 7.25. The van der Waals surface area contributed by atoms with Gasteiger partial charge in [-0.05, 0) is 42.7 Å². The molecule has 0 spiro atoms. The highest BCUT2D eigenvalue weighted by atomic mass is 32.1. The minimum absolute atomic E-state index is 0.0130. The number of allylic oxidation sites excluding steroid dienone is 1. The standard InChI is InChI=1S/C12H10O2S/c1-9-4-5-10(14-9)6-7-11(13)12-3-2-8-15-12/h2-8H,1H3/b7-6+. The quantitative estimate of drug-likeness (QED) is 0.582. The third kappa shape index (κ3) is 2.44. The van der Waals surface area contributed by atoms with Gasteiger partial charge in [0.05, 0.1) is 4.88 Å². The van der Waals surface area contributed by atoms with E-state index in [-0.39, 0.29) is 5.78 Å². The summed E-state index contributed by atoms with van der Waals surface area (Å²) in [5.74, 6) is 1.56. The van der Waals surface area contributed by atoms with Gasteiger partial charge in [0.1, 0.15) is 11.5 Å². The highest BCUT2D eigenvalue weighted by molar-refractivity contribution is 7.12. The van der Waals surface area contributed by atoms with Crippen molar-refractivity contribution in [3.05, 3.63) is 52.1 Å². The van der Waals surface area contributed by atoms with Crippen molar-refractivity contribution >= 4 is 23.2 Å². The van der Waals surface area contributed by atoms with Crippen LogP contribution in [0.25, 0.3) is 6.08 Å². The van der Waals surface area contributed by atoms with Crippen molar-refractivity contribution in [3.8, 4) is 0 Å². The van der Waals surface area contributed by atoms with Crippen molar-refractivity contribution in [1.29, 1.82) is 0 Å². The predicted molar refractivity (Wildman–Crippen MR) is 61.1 cm³/mol. The average molecular weight is 218 g/mol. The van der Waals surface area contributed by atoms with Crippen LogP contribution in [-0.2, 0) is 0 Å². The monoisotopic (exact) mass is 218 g/mol. The number of carbonyl (C=O) groups is 1. The van der Waals surface area contributed by atoms with Crippen LogP contribution in [0.2, 0.25) is 0 Å². The van der Waals surface area contributed by atoms with Gasteiger partial charge in [0.2, 0.25) is 0 Å². The van der Waals surface area contributed by atoms with Crippen LogP contribution >= 0.6 is 11.3 Å². The van der Waals surface area contributed by atoms with Crippen molar-refractivity contribution in [1.82, 2.24) is 0 Å². The Morgan fingerprint density at radius 3 is 2.87 bits per heavy atom. The average Bonchev–Trinajstić information content (AvgIpc) is 2.84. The minimum Gasteiger partial charge on any atom is -0.462 e.